The van der Waals surface area contributed by atoms with Crippen LogP contribution in [0.15, 0.2) is 53.4 Å². The van der Waals surface area contributed by atoms with E-state index < -0.39 is 24.5 Å². The fourth-order valence-corrected chi connectivity index (χ4v) is 7.48. The molecule has 7 heteroatoms. The summed E-state index contributed by atoms with van der Waals surface area (Å²) in [5.41, 5.74) is 1.90. The molecule has 1 unspecified atom stereocenters. The van der Waals surface area contributed by atoms with Gasteiger partial charge >= 0.3 is 0 Å². The Kier molecular flexibility index (Phi) is 9.57. The van der Waals surface area contributed by atoms with Gasteiger partial charge in [0.1, 0.15) is 6.10 Å². The van der Waals surface area contributed by atoms with Crippen molar-refractivity contribution < 1.29 is 17.0 Å². The number of hydrogen-bond acceptors (Lipinski definition) is 4. The van der Waals surface area contributed by atoms with Gasteiger partial charge in [-0.1, -0.05) is 56.7 Å². The SMILES string of the molecule is Cc1ccc(S(=O)(=O)O[C@H](C[C@@H](O[Si](C)(C)C(C)(C)C)C2C[CH+]CCC2)c2ccccc2I)cc1. The molecule has 0 aliphatic heterocycles. The lowest BCUT2D eigenvalue weighted by molar-refractivity contribution is 0.0540. The fourth-order valence-electron chi connectivity index (χ4n) is 4.28. The molecule has 0 spiro atoms. The van der Waals surface area contributed by atoms with E-state index in [-0.39, 0.29) is 16.0 Å². The molecule has 1 aliphatic rings. The highest BCUT2D eigenvalue weighted by molar-refractivity contribution is 14.1. The van der Waals surface area contributed by atoms with Crippen LogP contribution in [0.25, 0.3) is 0 Å². The van der Waals surface area contributed by atoms with Crippen LogP contribution in [0.2, 0.25) is 18.1 Å². The Morgan fingerprint density at radius 1 is 1.11 bits per heavy atom. The van der Waals surface area contributed by atoms with E-state index in [1.165, 1.54) is 0 Å². The maximum absolute atomic E-state index is 13.4. The Bertz CT molecular complexity index is 1070. The zero-order valence-corrected chi connectivity index (χ0v) is 25.9. The summed E-state index contributed by atoms with van der Waals surface area (Å²) in [6.07, 6.45) is 6.58. The van der Waals surface area contributed by atoms with Gasteiger partial charge in [-0.05, 0) is 84.3 Å². The van der Waals surface area contributed by atoms with Gasteiger partial charge in [0.15, 0.2) is 8.32 Å². The Labute approximate surface area is 227 Å². The Balaban J connectivity index is 1.98. The monoisotopic (exact) mass is 627 g/mol. The van der Waals surface area contributed by atoms with Crippen molar-refractivity contribution in [3.63, 3.8) is 0 Å². The molecule has 0 saturated heterocycles. The van der Waals surface area contributed by atoms with Crippen molar-refractivity contribution in [1.82, 2.24) is 0 Å². The standard InChI is InChI=1S/C28H40IO4SSi/c1-21-16-18-23(19-17-21)34(30,31)32-27(24-14-10-11-15-25(24)29)20-26(22-12-8-7-9-13-22)33-35(5,6)28(2,3)4/h8,10-11,14-19,22,26-27H,7,9,12-13,20H2,1-6H3/q+1/t22?,26-,27-/m1/s1. The molecule has 192 valence electrons. The maximum Gasteiger partial charge on any atom is 0.297 e. The summed E-state index contributed by atoms with van der Waals surface area (Å²) in [4.78, 5) is 0.187. The molecular formula is C28H40IO4SSi+. The van der Waals surface area contributed by atoms with Crippen LogP contribution in [0.3, 0.4) is 0 Å². The van der Waals surface area contributed by atoms with E-state index in [2.05, 4.69) is 62.9 Å². The van der Waals surface area contributed by atoms with Crippen LogP contribution in [0.1, 0.15) is 70.1 Å². The second-order valence-corrected chi connectivity index (χ2v) is 18.7. The van der Waals surface area contributed by atoms with E-state index in [0.717, 1.165) is 40.4 Å². The first-order valence-corrected chi connectivity index (χ1v) is 17.9. The number of aryl methyl sites for hydroxylation is 1. The summed E-state index contributed by atoms with van der Waals surface area (Å²) < 4.78 is 40.8. The average Bonchev–Trinajstić information content (AvgIpc) is 2.78. The van der Waals surface area contributed by atoms with Gasteiger partial charge in [-0.2, -0.15) is 8.42 Å². The van der Waals surface area contributed by atoms with Gasteiger partial charge in [-0.3, -0.25) is 4.18 Å². The van der Waals surface area contributed by atoms with Crippen LogP contribution >= 0.6 is 22.6 Å². The normalized spacial score (nSPS) is 19.1. The third-order valence-corrected chi connectivity index (χ3v) is 14.3. The third kappa shape index (κ3) is 7.57. The molecule has 1 saturated carbocycles. The van der Waals surface area contributed by atoms with Crippen molar-refractivity contribution in [3.8, 4) is 0 Å². The molecule has 0 radical (unpaired) electrons. The van der Waals surface area contributed by atoms with Crippen LogP contribution in [0, 0.1) is 22.8 Å². The lowest BCUT2D eigenvalue weighted by Gasteiger charge is -2.42. The quantitative estimate of drug-likeness (QED) is 0.122. The molecule has 1 fully saturated rings. The van der Waals surface area contributed by atoms with Gasteiger partial charge in [0.2, 0.25) is 0 Å². The van der Waals surface area contributed by atoms with Crippen LogP contribution < -0.4 is 0 Å². The first-order chi connectivity index (χ1) is 16.3. The van der Waals surface area contributed by atoms with E-state index in [4.69, 9.17) is 8.61 Å². The average molecular weight is 628 g/mol. The van der Waals surface area contributed by atoms with Crippen molar-refractivity contribution >= 4 is 41.0 Å². The predicted molar refractivity (Wildman–Crippen MR) is 154 cm³/mol. The molecule has 0 heterocycles. The van der Waals surface area contributed by atoms with Crippen molar-refractivity contribution in [2.75, 3.05) is 0 Å². The summed E-state index contributed by atoms with van der Waals surface area (Å²) in [6.45, 7) is 13.2. The van der Waals surface area contributed by atoms with E-state index >= 15 is 0 Å². The molecule has 0 N–H and O–H groups in total. The van der Waals surface area contributed by atoms with Gasteiger partial charge < -0.3 is 4.43 Å². The van der Waals surface area contributed by atoms with Gasteiger partial charge in [0, 0.05) is 15.9 Å². The minimum atomic E-state index is -3.94. The van der Waals surface area contributed by atoms with E-state index in [0.29, 0.717) is 12.3 Å². The molecule has 2 aromatic carbocycles. The molecule has 3 atom stereocenters. The number of benzene rings is 2. The number of halogens is 1. The molecule has 0 amide bonds. The molecule has 3 rings (SSSR count). The lowest BCUT2D eigenvalue weighted by Crippen LogP contribution is -2.46. The molecule has 2 aromatic rings. The van der Waals surface area contributed by atoms with Crippen molar-refractivity contribution in [2.24, 2.45) is 5.92 Å². The first kappa shape index (κ1) is 28.7. The van der Waals surface area contributed by atoms with Crippen LogP contribution in [-0.2, 0) is 18.7 Å². The Morgan fingerprint density at radius 3 is 2.34 bits per heavy atom. The van der Waals surface area contributed by atoms with E-state index in [1.807, 2.05) is 31.2 Å². The number of rotatable bonds is 9. The molecule has 4 nitrogen and oxygen atoms in total. The molecule has 1 aliphatic carbocycles. The minimum Gasteiger partial charge on any atom is -0.413 e. The molecule has 35 heavy (non-hydrogen) atoms. The summed E-state index contributed by atoms with van der Waals surface area (Å²) >= 11 is 2.28. The highest BCUT2D eigenvalue weighted by atomic mass is 127. The van der Waals surface area contributed by atoms with Gasteiger partial charge in [-0.15, -0.1) is 0 Å². The smallest absolute Gasteiger partial charge is 0.297 e. The lowest BCUT2D eigenvalue weighted by atomic mass is 9.83. The largest absolute Gasteiger partial charge is 0.413 e. The van der Waals surface area contributed by atoms with E-state index in [9.17, 15) is 8.42 Å². The van der Waals surface area contributed by atoms with Gasteiger partial charge in [0.25, 0.3) is 10.1 Å². The van der Waals surface area contributed by atoms with Crippen molar-refractivity contribution in [2.45, 2.75) is 95.0 Å². The Hall–Kier alpha value is -0.873. The summed E-state index contributed by atoms with van der Waals surface area (Å²) in [6, 6.07) is 14.8. The first-order valence-electron chi connectivity index (χ1n) is 12.5. The zero-order chi connectivity index (χ0) is 25.9. The van der Waals surface area contributed by atoms with Gasteiger partial charge in [-0.25, -0.2) is 0 Å². The van der Waals surface area contributed by atoms with Crippen molar-refractivity contribution in [1.29, 1.82) is 0 Å². The second kappa shape index (κ2) is 11.7. The predicted octanol–water partition coefficient (Wildman–Crippen LogP) is 8.22. The summed E-state index contributed by atoms with van der Waals surface area (Å²) in [5, 5.41) is 0.0646. The summed E-state index contributed by atoms with van der Waals surface area (Å²) in [5.74, 6) is 0.368. The fraction of sp³-hybridized carbons (Fsp3) is 0.536. The molecule has 0 aromatic heterocycles. The number of hydrogen-bond donors (Lipinski definition) is 0. The molecule has 0 bridgehead atoms. The highest BCUT2D eigenvalue weighted by Crippen LogP contribution is 2.42. The van der Waals surface area contributed by atoms with E-state index in [1.54, 1.807) is 24.3 Å². The minimum absolute atomic E-state index is 0.0646. The van der Waals surface area contributed by atoms with Crippen LogP contribution in [0.4, 0.5) is 0 Å². The van der Waals surface area contributed by atoms with Crippen LogP contribution in [0.5, 0.6) is 0 Å². The highest BCUT2D eigenvalue weighted by Gasteiger charge is 2.43. The third-order valence-electron chi connectivity index (χ3n) is 7.48. The molecular weight excluding hydrogens is 587 g/mol. The zero-order valence-electron chi connectivity index (χ0n) is 21.9. The summed E-state index contributed by atoms with van der Waals surface area (Å²) in [7, 11) is -6.03. The van der Waals surface area contributed by atoms with Crippen LogP contribution in [-0.4, -0.2) is 22.8 Å². The topological polar surface area (TPSA) is 52.6 Å². The van der Waals surface area contributed by atoms with Gasteiger partial charge in [0.05, 0.1) is 30.3 Å². The maximum atomic E-state index is 13.4. The Morgan fingerprint density at radius 2 is 1.77 bits per heavy atom. The second-order valence-electron chi connectivity index (χ2n) is 11.2. The van der Waals surface area contributed by atoms with Crippen molar-refractivity contribution in [3.05, 3.63) is 69.6 Å².